The molecule has 0 saturated heterocycles. The molecule has 0 saturated carbocycles. The van der Waals surface area contributed by atoms with Crippen molar-refractivity contribution in [3.63, 3.8) is 0 Å². The zero-order chi connectivity index (χ0) is 27.5. The van der Waals surface area contributed by atoms with Gasteiger partial charge in [-0.15, -0.1) is 0 Å². The van der Waals surface area contributed by atoms with E-state index in [-0.39, 0.29) is 23.5 Å². The second-order valence-corrected chi connectivity index (χ2v) is 9.37. The van der Waals surface area contributed by atoms with Gasteiger partial charge in [-0.2, -0.15) is 0 Å². The van der Waals surface area contributed by atoms with E-state index in [1.54, 1.807) is 30.7 Å². The van der Waals surface area contributed by atoms with Gasteiger partial charge >= 0.3 is 0 Å². The van der Waals surface area contributed by atoms with Crippen LogP contribution in [0.25, 0.3) is 39.1 Å². The first-order valence-corrected chi connectivity index (χ1v) is 12.8. The Balaban J connectivity index is 1.15. The number of fused-ring (bicyclic) bond motifs is 2. The molecule has 6 aromatic rings. The van der Waals surface area contributed by atoms with E-state index in [1.165, 1.54) is 10.6 Å². The Bertz CT molecular complexity index is 1940. The number of aromatic nitrogens is 4. The van der Waals surface area contributed by atoms with Crippen molar-refractivity contribution in [2.45, 2.75) is 6.54 Å². The molecule has 3 N–H and O–H groups in total. The van der Waals surface area contributed by atoms with Gasteiger partial charge < -0.3 is 20.0 Å². The molecule has 1 amide bonds. The van der Waals surface area contributed by atoms with Gasteiger partial charge in [-0.1, -0.05) is 54.6 Å². The first-order valence-electron chi connectivity index (χ1n) is 12.8. The fraction of sp³-hybridized carbons (Fsp3) is 0.0625. The van der Waals surface area contributed by atoms with E-state index in [2.05, 4.69) is 15.3 Å². The van der Waals surface area contributed by atoms with Crippen molar-refractivity contribution in [3.05, 3.63) is 131 Å². The van der Waals surface area contributed by atoms with Gasteiger partial charge in [-0.25, -0.2) is 4.98 Å². The second kappa shape index (κ2) is 10.7. The minimum absolute atomic E-state index is 0.0585. The smallest absolute Gasteiger partial charge is 0.263 e. The predicted molar refractivity (Wildman–Crippen MR) is 156 cm³/mol. The molecule has 0 bridgehead atoms. The largest absolute Gasteiger partial charge is 0.494 e. The van der Waals surface area contributed by atoms with Crippen molar-refractivity contribution in [1.82, 2.24) is 24.8 Å². The number of carbonyl (C=O) groups is 1. The maximum absolute atomic E-state index is 12.8. The summed E-state index contributed by atoms with van der Waals surface area (Å²) in [7, 11) is 0. The van der Waals surface area contributed by atoms with E-state index in [4.69, 9.17) is 4.98 Å². The fourth-order valence-electron chi connectivity index (χ4n) is 4.73. The molecule has 0 atom stereocenters. The summed E-state index contributed by atoms with van der Waals surface area (Å²) >= 11 is 0. The molecule has 196 valence electrons. The third-order valence-electron chi connectivity index (χ3n) is 6.69. The monoisotopic (exact) mass is 527 g/mol. The third-order valence-corrected chi connectivity index (χ3v) is 6.69. The van der Waals surface area contributed by atoms with Gasteiger partial charge in [0.15, 0.2) is 5.88 Å². The van der Waals surface area contributed by atoms with Gasteiger partial charge in [0.2, 0.25) is 0 Å². The van der Waals surface area contributed by atoms with Gasteiger partial charge in [0.1, 0.15) is 5.56 Å². The Morgan fingerprint density at radius 2 is 1.93 bits per heavy atom. The molecule has 4 heterocycles. The van der Waals surface area contributed by atoms with Crippen LogP contribution in [0.15, 0.2) is 108 Å². The summed E-state index contributed by atoms with van der Waals surface area (Å²) in [5.41, 5.74) is 4.46. The normalized spacial score (nSPS) is 11.4. The molecule has 0 unspecified atom stereocenters. The first-order chi connectivity index (χ1) is 19.6. The zero-order valence-electron chi connectivity index (χ0n) is 21.4. The number of pyridine rings is 3. The van der Waals surface area contributed by atoms with Gasteiger partial charge in [0, 0.05) is 41.4 Å². The van der Waals surface area contributed by atoms with Crippen molar-refractivity contribution in [3.8, 4) is 17.1 Å². The molecule has 0 radical (unpaired) electrons. The number of para-hydroxylation sites is 1. The lowest BCUT2D eigenvalue weighted by Gasteiger charge is -2.08. The Morgan fingerprint density at radius 1 is 1.02 bits per heavy atom. The van der Waals surface area contributed by atoms with Crippen LogP contribution in [-0.2, 0) is 6.54 Å². The van der Waals surface area contributed by atoms with E-state index in [1.807, 2.05) is 72.8 Å². The second-order valence-electron chi connectivity index (χ2n) is 9.37. The third kappa shape index (κ3) is 4.98. The van der Waals surface area contributed by atoms with Crippen LogP contribution in [-0.4, -0.2) is 37.1 Å². The maximum Gasteiger partial charge on any atom is 0.263 e. The molecule has 6 rings (SSSR count). The van der Waals surface area contributed by atoms with Gasteiger partial charge in [-0.3, -0.25) is 14.6 Å². The zero-order valence-corrected chi connectivity index (χ0v) is 21.4. The highest BCUT2D eigenvalue weighted by molar-refractivity contribution is 6.00. The summed E-state index contributed by atoms with van der Waals surface area (Å²) in [6, 6.07) is 24.4. The van der Waals surface area contributed by atoms with Crippen LogP contribution >= 0.6 is 0 Å². The molecule has 2 aromatic carbocycles. The fourth-order valence-corrected chi connectivity index (χ4v) is 4.73. The topological polar surface area (TPSA) is 113 Å². The highest BCUT2D eigenvalue weighted by Gasteiger charge is 2.15. The number of amides is 1. The number of H-pyrrole nitrogens is 1. The molecule has 0 spiro atoms. The molecule has 8 nitrogen and oxygen atoms in total. The number of hydrogen-bond donors (Lipinski definition) is 3. The van der Waals surface area contributed by atoms with Crippen molar-refractivity contribution in [2.75, 3.05) is 6.54 Å². The SMILES string of the molecule is O=C(NCC=Cc1ccc2c(-c3ccc4ccccc4n3)c(O)[nH]c2c1)c1cccn(Cc2cccnc2)c1=O. The van der Waals surface area contributed by atoms with E-state index >= 15 is 0 Å². The first kappa shape index (κ1) is 24.8. The van der Waals surface area contributed by atoms with Crippen LogP contribution in [0, 0.1) is 0 Å². The average Bonchev–Trinajstić information content (AvgIpc) is 3.31. The number of aromatic hydroxyl groups is 1. The highest BCUT2D eigenvalue weighted by Crippen LogP contribution is 2.36. The van der Waals surface area contributed by atoms with E-state index in [0.29, 0.717) is 17.8 Å². The maximum atomic E-state index is 12.8. The minimum atomic E-state index is -0.438. The Morgan fingerprint density at radius 3 is 2.80 bits per heavy atom. The molecule has 8 heteroatoms. The summed E-state index contributed by atoms with van der Waals surface area (Å²) in [4.78, 5) is 37.4. The van der Waals surface area contributed by atoms with Crippen LogP contribution < -0.4 is 10.9 Å². The van der Waals surface area contributed by atoms with Crippen LogP contribution in [0.3, 0.4) is 0 Å². The summed E-state index contributed by atoms with van der Waals surface area (Å²) in [5, 5.41) is 15.3. The molecule has 0 fully saturated rings. The standard InChI is InChI=1S/C32H25N5O3/c38-30(25-9-5-17-37(32(25)40)20-22-7-3-15-33-19-22)34-16-4-6-21-11-13-24-28(18-21)36-31(39)29(24)27-14-12-23-8-1-2-10-26(23)35-27/h1-15,17-19,36,39H,16,20H2,(H,34,38). The van der Waals surface area contributed by atoms with Crippen molar-refractivity contribution in [1.29, 1.82) is 0 Å². The number of rotatable bonds is 7. The number of carbonyl (C=O) groups excluding carboxylic acids is 1. The Kier molecular flexibility index (Phi) is 6.64. The summed E-state index contributed by atoms with van der Waals surface area (Å²) < 4.78 is 1.49. The average molecular weight is 528 g/mol. The molecule has 0 aliphatic carbocycles. The van der Waals surface area contributed by atoms with Crippen LogP contribution in [0.1, 0.15) is 21.5 Å². The number of nitrogens with zero attached hydrogens (tertiary/aromatic N) is 3. The van der Waals surface area contributed by atoms with Gasteiger partial charge in [-0.05, 0) is 47.5 Å². The van der Waals surface area contributed by atoms with Gasteiger partial charge in [0.25, 0.3) is 11.5 Å². The molecule has 0 aliphatic heterocycles. The van der Waals surface area contributed by atoms with Crippen molar-refractivity contribution >= 4 is 33.8 Å². The molecule has 0 aliphatic rings. The lowest BCUT2D eigenvalue weighted by molar-refractivity contribution is 0.0956. The summed E-state index contributed by atoms with van der Waals surface area (Å²) in [5.74, 6) is -0.379. The minimum Gasteiger partial charge on any atom is -0.494 e. The predicted octanol–water partition coefficient (Wildman–Crippen LogP) is 5.14. The van der Waals surface area contributed by atoms with Crippen LogP contribution in [0.4, 0.5) is 0 Å². The molecule has 40 heavy (non-hydrogen) atoms. The summed E-state index contributed by atoms with van der Waals surface area (Å²) in [6.45, 7) is 0.582. The number of aromatic amines is 1. The molecule has 4 aromatic heterocycles. The lowest BCUT2D eigenvalue weighted by atomic mass is 10.1. The number of benzene rings is 2. The van der Waals surface area contributed by atoms with E-state index < -0.39 is 5.91 Å². The highest BCUT2D eigenvalue weighted by atomic mass is 16.3. The number of nitrogens with one attached hydrogen (secondary N) is 2. The summed E-state index contributed by atoms with van der Waals surface area (Å²) in [6.07, 6.45) is 8.70. The van der Waals surface area contributed by atoms with Crippen molar-refractivity contribution < 1.29 is 9.90 Å². The Hall–Kier alpha value is -5.50. The lowest BCUT2D eigenvalue weighted by Crippen LogP contribution is -2.33. The number of hydrogen-bond acceptors (Lipinski definition) is 5. The van der Waals surface area contributed by atoms with Crippen LogP contribution in [0.2, 0.25) is 0 Å². The van der Waals surface area contributed by atoms with E-state index in [0.717, 1.165) is 32.9 Å². The molecular weight excluding hydrogens is 502 g/mol. The van der Waals surface area contributed by atoms with Gasteiger partial charge in [0.05, 0.1) is 23.3 Å². The van der Waals surface area contributed by atoms with Crippen molar-refractivity contribution in [2.24, 2.45) is 0 Å². The Labute approximate surface area is 229 Å². The molecular formula is C32H25N5O3. The van der Waals surface area contributed by atoms with Crippen LogP contribution in [0.5, 0.6) is 5.88 Å². The van der Waals surface area contributed by atoms with E-state index in [9.17, 15) is 14.7 Å². The quantitative estimate of drug-likeness (QED) is 0.266.